The maximum Gasteiger partial charge on any atom is 0.224 e. The number of nitrogens with zero attached hydrogens (tertiary/aromatic N) is 1. The average Bonchev–Trinajstić information content (AvgIpc) is 3.23. The van der Waals surface area contributed by atoms with Crippen molar-refractivity contribution in [2.75, 3.05) is 19.6 Å². The van der Waals surface area contributed by atoms with Crippen LogP contribution >= 0.6 is 11.3 Å². The van der Waals surface area contributed by atoms with Crippen LogP contribution in [0, 0.1) is 5.82 Å². The summed E-state index contributed by atoms with van der Waals surface area (Å²) in [6.07, 6.45) is 2.51. The van der Waals surface area contributed by atoms with Gasteiger partial charge in [-0.15, -0.1) is 11.3 Å². The third-order valence-electron chi connectivity index (χ3n) is 4.25. The summed E-state index contributed by atoms with van der Waals surface area (Å²) in [6, 6.07) is 10.8. The summed E-state index contributed by atoms with van der Waals surface area (Å²) in [5.74, 6) is -0.451. The minimum atomic E-state index is -0.322. The zero-order valence-electron chi connectivity index (χ0n) is 13.0. The van der Waals surface area contributed by atoms with Gasteiger partial charge in [0.2, 0.25) is 5.91 Å². The Morgan fingerprint density at radius 3 is 2.70 bits per heavy atom. The zero-order chi connectivity index (χ0) is 16.1. The molecule has 5 heteroatoms. The quantitative estimate of drug-likeness (QED) is 0.879. The van der Waals surface area contributed by atoms with Gasteiger partial charge in [-0.3, -0.25) is 9.69 Å². The van der Waals surface area contributed by atoms with Crippen molar-refractivity contribution in [3.63, 3.8) is 0 Å². The summed E-state index contributed by atoms with van der Waals surface area (Å²) in [6.45, 7) is 2.73. The van der Waals surface area contributed by atoms with Crippen LogP contribution in [0.2, 0.25) is 0 Å². The Balaban J connectivity index is 1.60. The van der Waals surface area contributed by atoms with Crippen LogP contribution in [-0.2, 0) is 11.2 Å². The molecule has 3 nitrogen and oxygen atoms in total. The van der Waals surface area contributed by atoms with Gasteiger partial charge in [-0.05, 0) is 49.0 Å². The van der Waals surface area contributed by atoms with E-state index in [1.165, 1.54) is 23.8 Å². The molecule has 1 aromatic carbocycles. The van der Waals surface area contributed by atoms with Crippen molar-refractivity contribution in [2.45, 2.75) is 25.3 Å². The number of amides is 1. The lowest BCUT2D eigenvalue weighted by molar-refractivity contribution is -0.120. The van der Waals surface area contributed by atoms with Crippen molar-refractivity contribution in [2.24, 2.45) is 0 Å². The second-order valence-electron chi connectivity index (χ2n) is 5.85. The highest BCUT2D eigenvalue weighted by molar-refractivity contribution is 7.10. The minimum Gasteiger partial charge on any atom is -0.354 e. The van der Waals surface area contributed by atoms with Crippen LogP contribution in [0.1, 0.15) is 29.3 Å². The smallest absolute Gasteiger partial charge is 0.224 e. The molecular formula is C18H21FN2OS. The van der Waals surface area contributed by atoms with Crippen LogP contribution in [0.5, 0.6) is 0 Å². The number of rotatable bonds is 6. The molecule has 1 unspecified atom stereocenters. The molecule has 1 fully saturated rings. The highest BCUT2D eigenvalue weighted by atomic mass is 32.1. The first kappa shape index (κ1) is 16.1. The Morgan fingerprint density at radius 2 is 2.00 bits per heavy atom. The van der Waals surface area contributed by atoms with E-state index < -0.39 is 0 Å². The van der Waals surface area contributed by atoms with Gasteiger partial charge < -0.3 is 5.32 Å². The standard InChI is InChI=1S/C18H21FN2OS/c19-15-7-2-1-6-14(15)12-18(22)20-13-16(17-8-5-11-23-17)21-9-3-4-10-21/h1-2,5-8,11,16H,3-4,9-10,12-13H2,(H,20,22). The molecule has 1 aromatic heterocycles. The zero-order valence-corrected chi connectivity index (χ0v) is 13.8. The predicted molar refractivity (Wildman–Crippen MR) is 91.0 cm³/mol. The Bertz CT molecular complexity index is 638. The van der Waals surface area contributed by atoms with E-state index >= 15 is 0 Å². The first-order chi connectivity index (χ1) is 11.2. The second kappa shape index (κ2) is 7.70. The summed E-state index contributed by atoms with van der Waals surface area (Å²) in [5.41, 5.74) is 0.443. The molecule has 1 aliphatic rings. The lowest BCUT2D eigenvalue weighted by atomic mass is 10.1. The lowest BCUT2D eigenvalue weighted by Gasteiger charge is -2.27. The molecule has 0 saturated carbocycles. The first-order valence-electron chi connectivity index (χ1n) is 8.01. The minimum absolute atomic E-state index is 0.0871. The Labute approximate surface area is 140 Å². The molecule has 0 spiro atoms. The van der Waals surface area contributed by atoms with Crippen molar-refractivity contribution >= 4 is 17.2 Å². The molecule has 1 atom stereocenters. The number of likely N-dealkylation sites (tertiary alicyclic amines) is 1. The van der Waals surface area contributed by atoms with E-state index in [1.54, 1.807) is 29.5 Å². The van der Waals surface area contributed by atoms with Crippen LogP contribution in [0.15, 0.2) is 41.8 Å². The monoisotopic (exact) mass is 332 g/mol. The van der Waals surface area contributed by atoms with E-state index in [2.05, 4.69) is 21.7 Å². The van der Waals surface area contributed by atoms with E-state index in [9.17, 15) is 9.18 Å². The van der Waals surface area contributed by atoms with Gasteiger partial charge in [0.15, 0.2) is 0 Å². The van der Waals surface area contributed by atoms with Gasteiger partial charge in [0, 0.05) is 11.4 Å². The van der Waals surface area contributed by atoms with Crippen LogP contribution in [0.25, 0.3) is 0 Å². The van der Waals surface area contributed by atoms with Crippen molar-refractivity contribution in [3.8, 4) is 0 Å². The van der Waals surface area contributed by atoms with E-state index in [1.807, 2.05) is 6.07 Å². The third-order valence-corrected chi connectivity index (χ3v) is 5.23. The summed E-state index contributed by atoms with van der Waals surface area (Å²) >= 11 is 1.72. The predicted octanol–water partition coefficient (Wildman–Crippen LogP) is 3.38. The van der Waals surface area contributed by atoms with Gasteiger partial charge in [-0.2, -0.15) is 0 Å². The maximum atomic E-state index is 13.6. The fourth-order valence-corrected chi connectivity index (χ4v) is 3.89. The van der Waals surface area contributed by atoms with E-state index in [0.29, 0.717) is 12.1 Å². The summed E-state index contributed by atoms with van der Waals surface area (Å²) in [7, 11) is 0. The number of thiophene rings is 1. The van der Waals surface area contributed by atoms with Crippen molar-refractivity contribution < 1.29 is 9.18 Å². The molecule has 0 radical (unpaired) electrons. The van der Waals surface area contributed by atoms with Crippen molar-refractivity contribution in [3.05, 3.63) is 58.0 Å². The van der Waals surface area contributed by atoms with Crippen LogP contribution in [0.4, 0.5) is 4.39 Å². The average molecular weight is 332 g/mol. The molecule has 0 aliphatic carbocycles. The van der Waals surface area contributed by atoms with E-state index in [4.69, 9.17) is 0 Å². The molecule has 3 rings (SSSR count). The fourth-order valence-electron chi connectivity index (χ4n) is 3.03. The molecule has 2 aromatic rings. The number of benzene rings is 1. The van der Waals surface area contributed by atoms with Gasteiger partial charge >= 0.3 is 0 Å². The molecule has 1 aliphatic heterocycles. The number of halogens is 1. The Morgan fingerprint density at radius 1 is 1.22 bits per heavy atom. The van der Waals surface area contributed by atoms with Crippen LogP contribution in [-0.4, -0.2) is 30.4 Å². The molecule has 1 amide bonds. The highest BCUT2D eigenvalue weighted by Crippen LogP contribution is 2.27. The summed E-state index contributed by atoms with van der Waals surface area (Å²) in [4.78, 5) is 15.9. The molecule has 0 bridgehead atoms. The van der Waals surface area contributed by atoms with E-state index in [-0.39, 0.29) is 24.2 Å². The van der Waals surface area contributed by atoms with Crippen LogP contribution in [0.3, 0.4) is 0 Å². The normalized spacial score (nSPS) is 16.4. The fraction of sp³-hybridized carbons (Fsp3) is 0.389. The number of hydrogen-bond donors (Lipinski definition) is 1. The largest absolute Gasteiger partial charge is 0.354 e. The molecule has 122 valence electrons. The molecular weight excluding hydrogens is 311 g/mol. The summed E-state index contributed by atoms with van der Waals surface area (Å²) < 4.78 is 13.6. The van der Waals surface area contributed by atoms with Crippen molar-refractivity contribution in [1.82, 2.24) is 10.2 Å². The van der Waals surface area contributed by atoms with Gasteiger partial charge in [-0.1, -0.05) is 24.3 Å². The van der Waals surface area contributed by atoms with Gasteiger partial charge in [0.05, 0.1) is 12.5 Å². The maximum absolute atomic E-state index is 13.6. The Hall–Kier alpha value is -1.72. The van der Waals surface area contributed by atoms with Crippen LogP contribution < -0.4 is 5.32 Å². The van der Waals surface area contributed by atoms with Gasteiger partial charge in [-0.25, -0.2) is 4.39 Å². The number of nitrogens with one attached hydrogen (secondary N) is 1. The highest BCUT2D eigenvalue weighted by Gasteiger charge is 2.24. The third kappa shape index (κ3) is 4.18. The van der Waals surface area contributed by atoms with Crippen molar-refractivity contribution in [1.29, 1.82) is 0 Å². The first-order valence-corrected chi connectivity index (χ1v) is 8.89. The van der Waals surface area contributed by atoms with E-state index in [0.717, 1.165) is 13.1 Å². The molecule has 23 heavy (non-hydrogen) atoms. The Kier molecular flexibility index (Phi) is 5.41. The van der Waals surface area contributed by atoms with Gasteiger partial charge in [0.1, 0.15) is 5.82 Å². The molecule has 2 heterocycles. The van der Waals surface area contributed by atoms with Gasteiger partial charge in [0.25, 0.3) is 0 Å². The lowest BCUT2D eigenvalue weighted by Crippen LogP contribution is -2.37. The summed E-state index contributed by atoms with van der Waals surface area (Å²) in [5, 5.41) is 5.05. The molecule has 1 saturated heterocycles. The number of carbonyl (C=O) groups excluding carboxylic acids is 1. The second-order valence-corrected chi connectivity index (χ2v) is 6.83. The molecule has 1 N–H and O–H groups in total. The topological polar surface area (TPSA) is 32.3 Å². The number of hydrogen-bond acceptors (Lipinski definition) is 3. The number of carbonyl (C=O) groups is 1. The SMILES string of the molecule is O=C(Cc1ccccc1F)NCC(c1cccs1)N1CCCC1.